The maximum atomic E-state index is 11.7. The zero-order chi connectivity index (χ0) is 12.8. The molecular weight excluding hydrogens is 208 g/mol. The molecule has 5 heteroatoms. The van der Waals surface area contributed by atoms with E-state index in [0.717, 1.165) is 0 Å². The van der Waals surface area contributed by atoms with E-state index in [1.165, 1.54) is 4.90 Å². The average Bonchev–Trinajstić information content (AvgIpc) is 2.21. The maximum absolute atomic E-state index is 11.7. The molecule has 1 N–H and O–H groups in total. The molecule has 0 spiro atoms. The van der Waals surface area contributed by atoms with Crippen LogP contribution in [-0.4, -0.2) is 49.1 Å². The van der Waals surface area contributed by atoms with E-state index in [1.807, 2.05) is 27.7 Å². The lowest BCUT2D eigenvalue weighted by Crippen LogP contribution is -2.42. The van der Waals surface area contributed by atoms with Gasteiger partial charge in [-0.3, -0.25) is 9.59 Å². The molecule has 0 saturated heterocycles. The monoisotopic (exact) mass is 230 g/mol. The second kappa shape index (κ2) is 6.48. The molecule has 0 aliphatic heterocycles. The molecule has 0 atom stereocenters. The van der Waals surface area contributed by atoms with Gasteiger partial charge in [0.1, 0.15) is 6.61 Å². The Morgan fingerprint density at radius 2 is 1.88 bits per heavy atom. The molecule has 0 rings (SSSR count). The van der Waals surface area contributed by atoms with Crippen LogP contribution in [0.2, 0.25) is 0 Å². The second-order valence-electron chi connectivity index (χ2n) is 4.48. The van der Waals surface area contributed by atoms with E-state index in [0.29, 0.717) is 6.54 Å². The third kappa shape index (κ3) is 6.40. The second-order valence-corrected chi connectivity index (χ2v) is 4.48. The Labute approximate surface area is 97.1 Å². The van der Waals surface area contributed by atoms with E-state index >= 15 is 0 Å². The Morgan fingerprint density at radius 3 is 2.25 bits per heavy atom. The average molecular weight is 230 g/mol. The van der Waals surface area contributed by atoms with Gasteiger partial charge in [-0.1, -0.05) is 0 Å². The number of likely N-dealkylation sites (N-methyl/N-ethyl adjacent to an activating group) is 2. The molecule has 94 valence electrons. The van der Waals surface area contributed by atoms with Gasteiger partial charge in [0.2, 0.25) is 11.8 Å². The van der Waals surface area contributed by atoms with Crippen LogP contribution in [0.15, 0.2) is 0 Å². The maximum Gasteiger partial charge on any atom is 0.249 e. The van der Waals surface area contributed by atoms with Crippen LogP contribution in [0.3, 0.4) is 0 Å². The predicted molar refractivity (Wildman–Crippen MR) is 62.0 cm³/mol. The summed E-state index contributed by atoms with van der Waals surface area (Å²) < 4.78 is 5.37. The highest BCUT2D eigenvalue weighted by molar-refractivity contribution is 5.85. The number of nitrogens with one attached hydrogen (secondary N) is 1. The lowest BCUT2D eigenvalue weighted by Gasteiger charge is -2.23. The van der Waals surface area contributed by atoms with E-state index in [4.69, 9.17) is 4.74 Å². The molecule has 16 heavy (non-hydrogen) atoms. The highest BCUT2D eigenvalue weighted by Crippen LogP contribution is 2.06. The quantitative estimate of drug-likeness (QED) is 0.743. The summed E-state index contributed by atoms with van der Waals surface area (Å²) in [4.78, 5) is 24.3. The van der Waals surface area contributed by atoms with Crippen molar-refractivity contribution < 1.29 is 14.3 Å². The Kier molecular flexibility index (Phi) is 6.03. The van der Waals surface area contributed by atoms with Gasteiger partial charge in [-0.05, 0) is 27.7 Å². The highest BCUT2D eigenvalue weighted by Gasteiger charge is 2.18. The lowest BCUT2D eigenvalue weighted by atomic mass is 10.2. The number of hydrogen-bond donors (Lipinski definition) is 1. The van der Waals surface area contributed by atoms with Crippen LogP contribution in [0.25, 0.3) is 0 Å². The Bertz CT molecular complexity index is 246. The van der Waals surface area contributed by atoms with Crippen molar-refractivity contribution in [2.75, 3.05) is 26.7 Å². The molecule has 2 amide bonds. The normalized spacial score (nSPS) is 11.1. The van der Waals surface area contributed by atoms with Gasteiger partial charge >= 0.3 is 0 Å². The van der Waals surface area contributed by atoms with Crippen molar-refractivity contribution in [1.82, 2.24) is 10.2 Å². The van der Waals surface area contributed by atoms with Crippen molar-refractivity contribution in [3.05, 3.63) is 0 Å². The van der Waals surface area contributed by atoms with Crippen LogP contribution in [0.4, 0.5) is 0 Å². The fourth-order valence-electron chi connectivity index (χ4n) is 0.998. The van der Waals surface area contributed by atoms with Gasteiger partial charge < -0.3 is 15.0 Å². The summed E-state index contributed by atoms with van der Waals surface area (Å²) in [5, 5.41) is 2.48. The van der Waals surface area contributed by atoms with E-state index in [1.54, 1.807) is 7.05 Å². The minimum absolute atomic E-state index is 0.00827. The SMILES string of the molecule is CCN(CC(=O)NC)C(=O)COC(C)(C)C. The Balaban J connectivity index is 4.16. The number of carbonyl (C=O) groups excluding carboxylic acids is 2. The highest BCUT2D eigenvalue weighted by atomic mass is 16.5. The first-order valence-corrected chi connectivity index (χ1v) is 5.42. The van der Waals surface area contributed by atoms with Crippen molar-refractivity contribution in [2.24, 2.45) is 0 Å². The Morgan fingerprint density at radius 1 is 1.31 bits per heavy atom. The van der Waals surface area contributed by atoms with Crippen molar-refractivity contribution in [2.45, 2.75) is 33.3 Å². The van der Waals surface area contributed by atoms with Crippen molar-refractivity contribution >= 4 is 11.8 Å². The van der Waals surface area contributed by atoms with Gasteiger partial charge in [0.25, 0.3) is 0 Å². The molecule has 0 aromatic carbocycles. The first-order chi connectivity index (χ1) is 7.30. The molecule has 0 bridgehead atoms. The number of nitrogens with zero attached hydrogens (tertiary/aromatic N) is 1. The lowest BCUT2D eigenvalue weighted by molar-refractivity contribution is -0.143. The Hall–Kier alpha value is -1.10. The van der Waals surface area contributed by atoms with Crippen LogP contribution in [0.5, 0.6) is 0 Å². The van der Waals surface area contributed by atoms with E-state index in [9.17, 15) is 9.59 Å². The van der Waals surface area contributed by atoms with Gasteiger partial charge in [0, 0.05) is 13.6 Å². The largest absolute Gasteiger partial charge is 0.366 e. The summed E-state index contributed by atoms with van der Waals surface area (Å²) in [5.41, 5.74) is -0.345. The predicted octanol–water partition coefficient (Wildman–Crippen LogP) is 0.396. The molecule has 0 aromatic heterocycles. The molecule has 0 aliphatic carbocycles. The van der Waals surface area contributed by atoms with Crippen LogP contribution >= 0.6 is 0 Å². The van der Waals surface area contributed by atoms with Crippen LogP contribution < -0.4 is 5.32 Å². The molecular formula is C11H22N2O3. The van der Waals surface area contributed by atoms with E-state index in [2.05, 4.69) is 5.32 Å². The number of amides is 2. The summed E-state index contributed by atoms with van der Waals surface area (Å²) in [6.45, 7) is 8.07. The first kappa shape index (κ1) is 14.9. The minimum Gasteiger partial charge on any atom is -0.366 e. The number of carbonyl (C=O) groups is 2. The molecule has 0 unspecified atom stereocenters. The fraction of sp³-hybridized carbons (Fsp3) is 0.818. The zero-order valence-corrected chi connectivity index (χ0v) is 10.8. The molecule has 0 heterocycles. The number of ether oxygens (including phenoxy) is 1. The van der Waals surface area contributed by atoms with Crippen molar-refractivity contribution in [3.8, 4) is 0 Å². The van der Waals surface area contributed by atoms with Gasteiger partial charge in [-0.25, -0.2) is 0 Å². The summed E-state index contributed by atoms with van der Waals surface area (Å²) in [6.07, 6.45) is 0. The summed E-state index contributed by atoms with van der Waals surface area (Å²) in [7, 11) is 1.55. The molecule has 0 aromatic rings. The molecule has 0 radical (unpaired) electrons. The summed E-state index contributed by atoms with van der Waals surface area (Å²) in [5.74, 6) is -0.341. The van der Waals surface area contributed by atoms with Gasteiger partial charge in [0.15, 0.2) is 0 Å². The molecule has 0 saturated carbocycles. The molecule has 5 nitrogen and oxygen atoms in total. The van der Waals surface area contributed by atoms with Crippen molar-refractivity contribution in [3.63, 3.8) is 0 Å². The van der Waals surface area contributed by atoms with Crippen LogP contribution in [0, 0.1) is 0 Å². The topological polar surface area (TPSA) is 58.6 Å². The minimum atomic E-state index is -0.345. The molecule has 0 aliphatic rings. The zero-order valence-electron chi connectivity index (χ0n) is 10.8. The van der Waals surface area contributed by atoms with Crippen LogP contribution in [-0.2, 0) is 14.3 Å². The number of hydrogen-bond acceptors (Lipinski definition) is 3. The number of rotatable bonds is 5. The van der Waals surface area contributed by atoms with Gasteiger partial charge in [0.05, 0.1) is 12.1 Å². The van der Waals surface area contributed by atoms with E-state index < -0.39 is 0 Å². The van der Waals surface area contributed by atoms with E-state index in [-0.39, 0.29) is 30.6 Å². The standard InChI is InChI=1S/C11H22N2O3/c1-6-13(7-9(14)12-5)10(15)8-16-11(2,3)4/h6-8H2,1-5H3,(H,12,14). The third-order valence-electron chi connectivity index (χ3n) is 1.98. The fourth-order valence-corrected chi connectivity index (χ4v) is 0.998. The molecule has 0 fully saturated rings. The first-order valence-electron chi connectivity index (χ1n) is 5.42. The van der Waals surface area contributed by atoms with Crippen LogP contribution in [0.1, 0.15) is 27.7 Å². The smallest absolute Gasteiger partial charge is 0.249 e. The summed E-state index contributed by atoms with van der Waals surface area (Å²) in [6, 6.07) is 0. The van der Waals surface area contributed by atoms with Gasteiger partial charge in [-0.15, -0.1) is 0 Å². The third-order valence-corrected chi connectivity index (χ3v) is 1.98. The van der Waals surface area contributed by atoms with Gasteiger partial charge in [-0.2, -0.15) is 0 Å². The van der Waals surface area contributed by atoms with Crippen molar-refractivity contribution in [1.29, 1.82) is 0 Å². The summed E-state index contributed by atoms with van der Waals surface area (Å²) >= 11 is 0.